The highest BCUT2D eigenvalue weighted by Crippen LogP contribution is 2.51. The molecule has 8 nitrogen and oxygen atoms in total. The highest BCUT2D eigenvalue weighted by atomic mass is 16.3. The van der Waals surface area contributed by atoms with Gasteiger partial charge in [0.2, 0.25) is 0 Å². The molecule has 0 saturated heterocycles. The molecule has 0 aromatic heterocycles. The zero-order valence-electron chi connectivity index (χ0n) is 23.4. The van der Waals surface area contributed by atoms with Crippen LogP contribution in [0, 0.1) is 25.7 Å². The Balaban J connectivity index is 2.10. The van der Waals surface area contributed by atoms with Gasteiger partial charge in [0.05, 0.1) is 11.1 Å². The zero-order valence-corrected chi connectivity index (χ0v) is 23.4. The largest absolute Gasteiger partial charge is 0.507 e. The molecule has 0 amide bonds. The lowest BCUT2D eigenvalue weighted by atomic mass is 9.85. The predicted octanol–water partition coefficient (Wildman–Crippen LogP) is 6.97. The Bertz CT molecular complexity index is 1590. The van der Waals surface area contributed by atoms with Gasteiger partial charge in [0.1, 0.15) is 11.5 Å². The molecule has 0 radical (unpaired) electrons. The molecule has 40 heavy (non-hydrogen) atoms. The van der Waals surface area contributed by atoms with E-state index in [0.717, 1.165) is 12.1 Å². The first-order chi connectivity index (χ1) is 18.8. The smallest absolute Gasteiger partial charge is 0.170 e. The molecule has 0 spiro atoms. The maximum Gasteiger partial charge on any atom is 0.170 e. The standard InChI is InChI=1S/C32H34O8/c1-7-13(3)27(35)25-17-9-15(5)23(29(37)19(17)11-21(33)31(25)39)24-16(6)10-18-20(30(24)38)12-22(34)32(40)26(18)28(36)14(4)8-2/h9-14,33-34,37-40H,7-8H2,1-6H3. The van der Waals surface area contributed by atoms with Crippen molar-refractivity contribution in [2.24, 2.45) is 11.8 Å². The first kappa shape index (κ1) is 28.5. The van der Waals surface area contributed by atoms with Gasteiger partial charge in [0, 0.05) is 44.5 Å². The zero-order chi connectivity index (χ0) is 29.8. The van der Waals surface area contributed by atoms with Crippen LogP contribution in [0.15, 0.2) is 24.3 Å². The molecule has 6 N–H and O–H groups in total. The third-order valence-corrected chi connectivity index (χ3v) is 8.00. The van der Waals surface area contributed by atoms with Crippen LogP contribution >= 0.6 is 0 Å². The summed E-state index contributed by atoms with van der Waals surface area (Å²) in [6, 6.07) is 5.54. The van der Waals surface area contributed by atoms with Crippen LogP contribution in [0.25, 0.3) is 32.7 Å². The predicted molar refractivity (Wildman–Crippen MR) is 154 cm³/mol. The number of hydrogen-bond acceptors (Lipinski definition) is 8. The number of Topliss-reactive ketones (excluding diaryl/α,β-unsaturated/α-hetero) is 2. The summed E-state index contributed by atoms with van der Waals surface area (Å²) < 4.78 is 0. The summed E-state index contributed by atoms with van der Waals surface area (Å²) in [5, 5.41) is 65.8. The van der Waals surface area contributed by atoms with Crippen LogP contribution in [0.3, 0.4) is 0 Å². The maximum atomic E-state index is 13.1. The van der Waals surface area contributed by atoms with E-state index in [9.17, 15) is 40.2 Å². The summed E-state index contributed by atoms with van der Waals surface area (Å²) in [5.74, 6) is -4.60. The van der Waals surface area contributed by atoms with Crippen LogP contribution in [-0.2, 0) is 0 Å². The molecule has 0 aliphatic heterocycles. The number of benzene rings is 4. The number of hydrogen-bond donors (Lipinski definition) is 6. The van der Waals surface area contributed by atoms with E-state index < -0.39 is 34.8 Å². The lowest BCUT2D eigenvalue weighted by Gasteiger charge is -2.21. The van der Waals surface area contributed by atoms with Crippen molar-refractivity contribution in [2.45, 2.75) is 54.4 Å². The van der Waals surface area contributed by atoms with E-state index in [-0.39, 0.29) is 66.9 Å². The highest BCUT2D eigenvalue weighted by Gasteiger charge is 2.29. The number of carbonyl (C=O) groups is 2. The second-order valence-corrected chi connectivity index (χ2v) is 10.6. The van der Waals surface area contributed by atoms with E-state index in [0.29, 0.717) is 24.0 Å². The van der Waals surface area contributed by atoms with Gasteiger partial charge in [-0.15, -0.1) is 0 Å². The Morgan fingerprint density at radius 3 is 1.20 bits per heavy atom. The molecule has 210 valence electrons. The number of rotatable bonds is 7. The van der Waals surface area contributed by atoms with Crippen LogP contribution in [0.5, 0.6) is 34.5 Å². The van der Waals surface area contributed by atoms with Gasteiger partial charge in [-0.1, -0.05) is 27.7 Å². The molecule has 0 aliphatic carbocycles. The molecular weight excluding hydrogens is 512 g/mol. The minimum atomic E-state index is -0.572. The second kappa shape index (κ2) is 10.3. The molecule has 2 unspecified atom stereocenters. The van der Waals surface area contributed by atoms with E-state index in [1.165, 1.54) is 0 Å². The summed E-state index contributed by atoms with van der Waals surface area (Å²) in [7, 11) is 0. The summed E-state index contributed by atoms with van der Waals surface area (Å²) in [6.45, 7) is 10.4. The van der Waals surface area contributed by atoms with Gasteiger partial charge in [0.25, 0.3) is 0 Å². The summed E-state index contributed by atoms with van der Waals surface area (Å²) in [5.41, 5.74) is 1.15. The van der Waals surface area contributed by atoms with E-state index in [2.05, 4.69) is 0 Å². The highest BCUT2D eigenvalue weighted by molar-refractivity contribution is 6.17. The van der Waals surface area contributed by atoms with Crippen molar-refractivity contribution >= 4 is 33.1 Å². The van der Waals surface area contributed by atoms with Gasteiger partial charge in [-0.05, 0) is 62.1 Å². The number of ketones is 2. The topological polar surface area (TPSA) is 156 Å². The molecule has 0 saturated carbocycles. The molecular formula is C32H34O8. The Labute approximate surface area is 231 Å². The molecule has 0 heterocycles. The normalized spacial score (nSPS) is 13.1. The first-order valence-corrected chi connectivity index (χ1v) is 13.3. The van der Waals surface area contributed by atoms with E-state index in [4.69, 9.17) is 0 Å². The third kappa shape index (κ3) is 4.24. The summed E-state index contributed by atoms with van der Waals surface area (Å²) in [4.78, 5) is 26.3. The third-order valence-electron chi connectivity index (χ3n) is 8.00. The maximum absolute atomic E-state index is 13.1. The lowest BCUT2D eigenvalue weighted by molar-refractivity contribution is 0.0918. The number of phenolic OH excluding ortho intramolecular Hbond substituents is 6. The minimum Gasteiger partial charge on any atom is -0.507 e. The lowest BCUT2D eigenvalue weighted by Crippen LogP contribution is -2.11. The van der Waals surface area contributed by atoms with Crippen molar-refractivity contribution in [3.63, 3.8) is 0 Å². The molecule has 0 fully saturated rings. The quantitative estimate of drug-likeness (QED) is 0.107. The Kier molecular flexibility index (Phi) is 7.32. The van der Waals surface area contributed by atoms with Crippen LogP contribution in [0.1, 0.15) is 72.4 Å². The number of carbonyl (C=O) groups excluding carboxylic acids is 2. The average molecular weight is 547 g/mol. The van der Waals surface area contributed by atoms with Gasteiger partial charge in [0.15, 0.2) is 34.6 Å². The van der Waals surface area contributed by atoms with Crippen LogP contribution in [0.4, 0.5) is 0 Å². The number of aryl methyl sites for hydroxylation is 2. The van der Waals surface area contributed by atoms with Crippen LogP contribution < -0.4 is 0 Å². The van der Waals surface area contributed by atoms with Crippen molar-refractivity contribution in [1.82, 2.24) is 0 Å². The molecule has 4 aromatic carbocycles. The number of fused-ring (bicyclic) bond motifs is 2. The fourth-order valence-corrected chi connectivity index (χ4v) is 5.25. The molecule has 8 heteroatoms. The molecule has 4 rings (SSSR count). The van der Waals surface area contributed by atoms with Crippen molar-refractivity contribution < 1.29 is 40.2 Å². The van der Waals surface area contributed by atoms with Crippen molar-refractivity contribution in [2.75, 3.05) is 0 Å². The SMILES string of the molecule is CCC(C)C(=O)c1c(O)c(O)cc2c(O)c(-c3c(C)cc4c(C(=O)C(C)CC)c(O)c(O)cc4c3O)c(C)cc12. The number of aromatic hydroxyl groups is 6. The summed E-state index contributed by atoms with van der Waals surface area (Å²) in [6.07, 6.45) is 1.01. The van der Waals surface area contributed by atoms with Crippen molar-refractivity contribution in [1.29, 1.82) is 0 Å². The van der Waals surface area contributed by atoms with Gasteiger partial charge in [-0.2, -0.15) is 0 Å². The van der Waals surface area contributed by atoms with E-state index >= 15 is 0 Å². The van der Waals surface area contributed by atoms with E-state index in [1.807, 2.05) is 13.8 Å². The molecule has 4 aromatic rings. The molecule has 0 bridgehead atoms. The van der Waals surface area contributed by atoms with Crippen LogP contribution in [-0.4, -0.2) is 42.2 Å². The van der Waals surface area contributed by atoms with Gasteiger partial charge in [-0.3, -0.25) is 9.59 Å². The minimum absolute atomic E-state index is 0.0950. The fraction of sp³-hybridized carbons (Fsp3) is 0.312. The van der Waals surface area contributed by atoms with E-state index in [1.54, 1.807) is 39.8 Å². The summed E-state index contributed by atoms with van der Waals surface area (Å²) >= 11 is 0. The average Bonchev–Trinajstić information content (AvgIpc) is 2.91. The van der Waals surface area contributed by atoms with Gasteiger partial charge < -0.3 is 30.6 Å². The number of phenols is 6. The van der Waals surface area contributed by atoms with Crippen LogP contribution in [0.2, 0.25) is 0 Å². The monoisotopic (exact) mass is 546 g/mol. The second-order valence-electron chi connectivity index (χ2n) is 10.6. The van der Waals surface area contributed by atoms with Crippen molar-refractivity contribution in [3.8, 4) is 45.6 Å². The molecule has 2 atom stereocenters. The fourth-order valence-electron chi connectivity index (χ4n) is 5.25. The Morgan fingerprint density at radius 1 is 0.575 bits per heavy atom. The first-order valence-electron chi connectivity index (χ1n) is 13.3. The van der Waals surface area contributed by atoms with Gasteiger partial charge in [-0.25, -0.2) is 0 Å². The van der Waals surface area contributed by atoms with Crippen molar-refractivity contribution in [3.05, 3.63) is 46.5 Å². The Hall–Kier alpha value is -4.46. The Morgan fingerprint density at radius 2 is 0.900 bits per heavy atom. The molecule has 0 aliphatic rings. The van der Waals surface area contributed by atoms with Gasteiger partial charge >= 0.3 is 0 Å².